The normalized spacial score (nSPS) is 20.4. The van der Waals surface area contributed by atoms with Gasteiger partial charge in [0, 0.05) is 46.2 Å². The molecule has 0 saturated carbocycles. The first-order valence-corrected chi connectivity index (χ1v) is 8.25. The molecular weight excluding hydrogens is 324 g/mol. The standard InChI is InChI=1S/C15H24N8O2/c1-20(2)11-9-22(10-12(11)23-8-7-16-19-23)14(24)6-5-13-17-15(18-25-13)21(3)4/h7-8,11-12H,5-6,9-10H2,1-4H3/t11-,12+/m1/s1. The number of aromatic nitrogens is 5. The Balaban J connectivity index is 1.60. The third kappa shape index (κ3) is 3.78. The molecule has 0 bridgehead atoms. The molecule has 3 heterocycles. The number of rotatable bonds is 6. The first kappa shape index (κ1) is 17.3. The van der Waals surface area contributed by atoms with Crippen molar-refractivity contribution in [1.82, 2.24) is 34.9 Å². The van der Waals surface area contributed by atoms with Gasteiger partial charge >= 0.3 is 0 Å². The molecule has 1 saturated heterocycles. The van der Waals surface area contributed by atoms with Gasteiger partial charge in [0.05, 0.1) is 18.3 Å². The number of carbonyl (C=O) groups is 1. The van der Waals surface area contributed by atoms with Gasteiger partial charge in [0.25, 0.3) is 5.95 Å². The zero-order valence-electron chi connectivity index (χ0n) is 15.0. The Labute approximate surface area is 146 Å². The summed E-state index contributed by atoms with van der Waals surface area (Å²) in [5, 5.41) is 11.8. The number of amides is 1. The van der Waals surface area contributed by atoms with Crippen LogP contribution in [0.15, 0.2) is 16.9 Å². The third-order valence-corrected chi connectivity index (χ3v) is 4.47. The van der Waals surface area contributed by atoms with Crippen molar-refractivity contribution >= 4 is 11.9 Å². The summed E-state index contributed by atoms with van der Waals surface area (Å²) in [5.74, 6) is 1.08. The lowest BCUT2D eigenvalue weighted by Crippen LogP contribution is -2.37. The maximum absolute atomic E-state index is 12.6. The summed E-state index contributed by atoms with van der Waals surface area (Å²) in [4.78, 5) is 22.6. The molecule has 25 heavy (non-hydrogen) atoms. The fourth-order valence-corrected chi connectivity index (χ4v) is 3.04. The summed E-state index contributed by atoms with van der Waals surface area (Å²) >= 11 is 0. The SMILES string of the molecule is CN(C)c1noc(CCC(=O)N2C[C@@H](N(C)C)[C@@H](n3ccnn3)C2)n1. The maximum atomic E-state index is 12.6. The molecule has 2 atom stereocenters. The number of carbonyl (C=O) groups excluding carboxylic acids is 1. The summed E-state index contributed by atoms with van der Waals surface area (Å²) < 4.78 is 7.01. The van der Waals surface area contributed by atoms with Crippen LogP contribution in [0.2, 0.25) is 0 Å². The van der Waals surface area contributed by atoms with Crippen LogP contribution < -0.4 is 4.90 Å². The van der Waals surface area contributed by atoms with Crippen LogP contribution in [0.4, 0.5) is 5.95 Å². The largest absolute Gasteiger partial charge is 0.344 e. The van der Waals surface area contributed by atoms with E-state index >= 15 is 0 Å². The van der Waals surface area contributed by atoms with E-state index in [1.807, 2.05) is 44.0 Å². The fraction of sp³-hybridized carbons (Fsp3) is 0.667. The van der Waals surface area contributed by atoms with E-state index in [1.54, 1.807) is 11.1 Å². The molecule has 3 rings (SSSR count). The number of nitrogens with zero attached hydrogens (tertiary/aromatic N) is 8. The van der Waals surface area contributed by atoms with E-state index in [-0.39, 0.29) is 18.0 Å². The molecule has 2 aromatic rings. The predicted octanol–water partition coefficient (Wildman–Crippen LogP) is -0.327. The van der Waals surface area contributed by atoms with Crippen molar-refractivity contribution in [3.05, 3.63) is 18.3 Å². The van der Waals surface area contributed by atoms with Crippen molar-refractivity contribution in [3.8, 4) is 0 Å². The molecular formula is C15H24N8O2. The average molecular weight is 348 g/mol. The third-order valence-electron chi connectivity index (χ3n) is 4.47. The molecule has 2 aromatic heterocycles. The smallest absolute Gasteiger partial charge is 0.265 e. The number of likely N-dealkylation sites (tertiary alicyclic amines) is 1. The summed E-state index contributed by atoms with van der Waals surface area (Å²) in [6, 6.07) is 0.305. The van der Waals surface area contributed by atoms with Gasteiger partial charge < -0.3 is 19.2 Å². The zero-order valence-corrected chi connectivity index (χ0v) is 15.0. The van der Waals surface area contributed by atoms with Crippen molar-refractivity contribution in [3.63, 3.8) is 0 Å². The van der Waals surface area contributed by atoms with E-state index in [0.717, 1.165) is 0 Å². The minimum atomic E-state index is 0.0825. The Morgan fingerprint density at radius 1 is 1.32 bits per heavy atom. The Kier molecular flexibility index (Phi) is 4.98. The molecule has 0 aliphatic carbocycles. The molecule has 0 radical (unpaired) electrons. The molecule has 10 heteroatoms. The van der Waals surface area contributed by atoms with Crippen LogP contribution in [0.5, 0.6) is 0 Å². The van der Waals surface area contributed by atoms with Crippen LogP contribution in [0.1, 0.15) is 18.4 Å². The first-order chi connectivity index (χ1) is 12.0. The minimum absolute atomic E-state index is 0.0825. The van der Waals surface area contributed by atoms with Gasteiger partial charge in [-0.2, -0.15) is 4.98 Å². The van der Waals surface area contributed by atoms with E-state index < -0.39 is 0 Å². The second-order valence-corrected chi connectivity index (χ2v) is 6.66. The highest BCUT2D eigenvalue weighted by molar-refractivity contribution is 5.76. The minimum Gasteiger partial charge on any atom is -0.344 e. The first-order valence-electron chi connectivity index (χ1n) is 8.25. The van der Waals surface area contributed by atoms with E-state index in [0.29, 0.717) is 37.8 Å². The van der Waals surface area contributed by atoms with Gasteiger partial charge in [-0.15, -0.1) is 5.10 Å². The second-order valence-electron chi connectivity index (χ2n) is 6.66. The number of aryl methyl sites for hydroxylation is 1. The van der Waals surface area contributed by atoms with E-state index in [2.05, 4.69) is 25.4 Å². The van der Waals surface area contributed by atoms with Crippen molar-refractivity contribution in [2.45, 2.75) is 24.9 Å². The summed E-state index contributed by atoms with van der Waals surface area (Å²) in [7, 11) is 7.72. The average Bonchev–Trinajstić information content (AvgIpc) is 3.31. The van der Waals surface area contributed by atoms with Crippen LogP contribution in [-0.4, -0.2) is 88.2 Å². The van der Waals surface area contributed by atoms with Crippen LogP contribution in [0.25, 0.3) is 0 Å². The van der Waals surface area contributed by atoms with E-state index in [4.69, 9.17) is 4.52 Å². The van der Waals surface area contributed by atoms with Gasteiger partial charge in [0.2, 0.25) is 11.8 Å². The second kappa shape index (κ2) is 7.18. The molecule has 1 fully saturated rings. The van der Waals surface area contributed by atoms with Gasteiger partial charge in [-0.1, -0.05) is 5.21 Å². The van der Waals surface area contributed by atoms with E-state index in [1.165, 1.54) is 0 Å². The Hall–Kier alpha value is -2.49. The summed E-state index contributed by atoms with van der Waals surface area (Å²) in [5.41, 5.74) is 0. The quantitative estimate of drug-likeness (QED) is 0.700. The highest BCUT2D eigenvalue weighted by atomic mass is 16.5. The van der Waals surface area contributed by atoms with Crippen LogP contribution in [0, 0.1) is 0 Å². The Morgan fingerprint density at radius 2 is 2.12 bits per heavy atom. The van der Waals surface area contributed by atoms with Crippen molar-refractivity contribution in [1.29, 1.82) is 0 Å². The Morgan fingerprint density at radius 3 is 2.72 bits per heavy atom. The molecule has 10 nitrogen and oxygen atoms in total. The molecule has 136 valence electrons. The highest BCUT2D eigenvalue weighted by Gasteiger charge is 2.38. The molecule has 0 aromatic carbocycles. The van der Waals surface area contributed by atoms with Crippen molar-refractivity contribution in [2.24, 2.45) is 0 Å². The van der Waals surface area contributed by atoms with Crippen molar-refractivity contribution < 1.29 is 9.32 Å². The Bertz CT molecular complexity index is 696. The zero-order chi connectivity index (χ0) is 18.0. The van der Waals surface area contributed by atoms with Gasteiger partial charge in [-0.05, 0) is 19.3 Å². The topological polar surface area (TPSA) is 96.4 Å². The number of likely N-dealkylation sites (N-methyl/N-ethyl adjacent to an activating group) is 1. The molecule has 0 spiro atoms. The summed E-state index contributed by atoms with van der Waals surface area (Å²) in [6.07, 6.45) is 4.29. The lowest BCUT2D eigenvalue weighted by Gasteiger charge is -2.24. The monoisotopic (exact) mass is 348 g/mol. The predicted molar refractivity (Wildman–Crippen MR) is 90.1 cm³/mol. The van der Waals surface area contributed by atoms with Gasteiger partial charge in [0.1, 0.15) is 0 Å². The molecule has 1 amide bonds. The fourth-order valence-electron chi connectivity index (χ4n) is 3.04. The van der Waals surface area contributed by atoms with Crippen LogP contribution in [-0.2, 0) is 11.2 Å². The van der Waals surface area contributed by atoms with Crippen molar-refractivity contribution in [2.75, 3.05) is 46.2 Å². The van der Waals surface area contributed by atoms with Gasteiger partial charge in [-0.3, -0.25) is 4.79 Å². The molecule has 1 aliphatic rings. The van der Waals surface area contributed by atoms with Gasteiger partial charge in [0.15, 0.2) is 0 Å². The van der Waals surface area contributed by atoms with Crippen LogP contribution >= 0.6 is 0 Å². The summed E-state index contributed by atoms with van der Waals surface area (Å²) in [6.45, 7) is 1.29. The molecule has 1 aliphatic heterocycles. The molecule has 0 N–H and O–H groups in total. The number of hydrogen-bond acceptors (Lipinski definition) is 8. The lowest BCUT2D eigenvalue weighted by atomic mass is 10.1. The van der Waals surface area contributed by atoms with Gasteiger partial charge in [-0.25, -0.2) is 4.68 Å². The maximum Gasteiger partial charge on any atom is 0.265 e. The lowest BCUT2D eigenvalue weighted by molar-refractivity contribution is -0.130. The molecule has 0 unspecified atom stereocenters. The number of hydrogen-bond donors (Lipinski definition) is 0. The van der Waals surface area contributed by atoms with E-state index in [9.17, 15) is 4.79 Å². The highest BCUT2D eigenvalue weighted by Crippen LogP contribution is 2.25. The number of anilines is 1. The van der Waals surface area contributed by atoms with Crippen LogP contribution in [0.3, 0.4) is 0 Å².